The van der Waals surface area contributed by atoms with Crippen LogP contribution in [0.5, 0.6) is 0 Å². The van der Waals surface area contributed by atoms with Crippen molar-refractivity contribution in [2.75, 3.05) is 32.6 Å². The van der Waals surface area contributed by atoms with Crippen molar-refractivity contribution in [1.29, 1.82) is 0 Å². The van der Waals surface area contributed by atoms with Gasteiger partial charge in [0.1, 0.15) is 0 Å². The molecule has 0 spiro atoms. The van der Waals surface area contributed by atoms with Gasteiger partial charge in [0.05, 0.1) is 12.4 Å². The van der Waals surface area contributed by atoms with Gasteiger partial charge in [-0.05, 0) is 30.2 Å². The summed E-state index contributed by atoms with van der Waals surface area (Å²) in [4.78, 5) is 12.7. The zero-order valence-electron chi connectivity index (χ0n) is 13.1. The number of hydrogen-bond donors (Lipinski definition) is 2. The second kappa shape index (κ2) is 10.7. The largest absolute Gasteiger partial charge is 0.383 e. The van der Waals surface area contributed by atoms with Crippen molar-refractivity contribution in [3.05, 3.63) is 29.8 Å². The van der Waals surface area contributed by atoms with Gasteiger partial charge in [-0.2, -0.15) is 0 Å². The summed E-state index contributed by atoms with van der Waals surface area (Å²) in [6.07, 6.45) is 0. The first-order chi connectivity index (χ1) is 10.1. The highest BCUT2D eigenvalue weighted by Crippen LogP contribution is 2.18. The molecule has 0 aliphatic rings. The maximum Gasteiger partial charge on any atom is 0.230 e. The first-order valence-corrected chi connectivity index (χ1v) is 8.28. The lowest BCUT2D eigenvalue weighted by Gasteiger charge is -2.09. The molecule has 118 valence electrons. The SMILES string of the molecule is COCCNC(=O)CSc1cccc(CNCC(C)C)c1. The Labute approximate surface area is 132 Å². The number of thioether (sulfide) groups is 1. The molecule has 0 atom stereocenters. The average molecular weight is 310 g/mol. The molecule has 2 N–H and O–H groups in total. The lowest BCUT2D eigenvalue weighted by Crippen LogP contribution is -2.28. The number of carbonyl (C=O) groups is 1. The number of methoxy groups -OCH3 is 1. The van der Waals surface area contributed by atoms with Crippen LogP contribution < -0.4 is 10.6 Å². The molecule has 0 aliphatic heterocycles. The molecule has 1 aromatic rings. The number of amides is 1. The van der Waals surface area contributed by atoms with Crippen LogP contribution in [0.25, 0.3) is 0 Å². The van der Waals surface area contributed by atoms with Crippen LogP contribution in [0.3, 0.4) is 0 Å². The van der Waals surface area contributed by atoms with E-state index in [-0.39, 0.29) is 5.91 Å². The molecule has 0 fully saturated rings. The minimum absolute atomic E-state index is 0.0420. The third-order valence-electron chi connectivity index (χ3n) is 2.78. The number of rotatable bonds is 10. The van der Waals surface area contributed by atoms with Crippen molar-refractivity contribution < 1.29 is 9.53 Å². The molecule has 0 aromatic heterocycles. The van der Waals surface area contributed by atoms with Crippen LogP contribution in [0.15, 0.2) is 29.2 Å². The van der Waals surface area contributed by atoms with Gasteiger partial charge in [0.2, 0.25) is 5.91 Å². The number of ether oxygens (including phenoxy) is 1. The number of carbonyl (C=O) groups excluding carboxylic acids is 1. The van der Waals surface area contributed by atoms with Crippen LogP contribution in [0.2, 0.25) is 0 Å². The van der Waals surface area contributed by atoms with Crippen LogP contribution in [0.1, 0.15) is 19.4 Å². The number of benzene rings is 1. The lowest BCUT2D eigenvalue weighted by molar-refractivity contribution is -0.118. The van der Waals surface area contributed by atoms with Crippen LogP contribution >= 0.6 is 11.8 Å². The number of hydrogen-bond acceptors (Lipinski definition) is 4. The molecule has 0 unspecified atom stereocenters. The van der Waals surface area contributed by atoms with E-state index < -0.39 is 0 Å². The van der Waals surface area contributed by atoms with E-state index in [1.807, 2.05) is 12.1 Å². The van der Waals surface area contributed by atoms with E-state index in [1.165, 1.54) is 5.56 Å². The Morgan fingerprint density at radius 3 is 2.90 bits per heavy atom. The highest BCUT2D eigenvalue weighted by Gasteiger charge is 2.03. The summed E-state index contributed by atoms with van der Waals surface area (Å²) >= 11 is 1.56. The monoisotopic (exact) mass is 310 g/mol. The average Bonchev–Trinajstić information content (AvgIpc) is 2.45. The summed E-state index contributed by atoms with van der Waals surface area (Å²) < 4.78 is 4.90. The molecule has 1 amide bonds. The fourth-order valence-electron chi connectivity index (χ4n) is 1.74. The Balaban J connectivity index is 2.33. The zero-order chi connectivity index (χ0) is 15.5. The van der Waals surface area contributed by atoms with Crippen molar-refractivity contribution in [1.82, 2.24) is 10.6 Å². The molecule has 1 aromatic carbocycles. The summed E-state index contributed by atoms with van der Waals surface area (Å²) in [6.45, 7) is 7.39. The molecular formula is C16H26N2O2S. The smallest absolute Gasteiger partial charge is 0.230 e. The van der Waals surface area contributed by atoms with E-state index in [1.54, 1.807) is 18.9 Å². The third-order valence-corrected chi connectivity index (χ3v) is 3.77. The van der Waals surface area contributed by atoms with Gasteiger partial charge in [-0.1, -0.05) is 26.0 Å². The van der Waals surface area contributed by atoms with Gasteiger partial charge in [-0.25, -0.2) is 0 Å². The van der Waals surface area contributed by atoms with Gasteiger partial charge in [0.15, 0.2) is 0 Å². The van der Waals surface area contributed by atoms with E-state index >= 15 is 0 Å². The minimum atomic E-state index is 0.0420. The Kier molecular flexibility index (Phi) is 9.14. The second-order valence-electron chi connectivity index (χ2n) is 5.30. The lowest BCUT2D eigenvalue weighted by atomic mass is 10.2. The predicted octanol–water partition coefficient (Wildman–Crippen LogP) is 2.29. The van der Waals surface area contributed by atoms with E-state index in [9.17, 15) is 4.79 Å². The molecule has 21 heavy (non-hydrogen) atoms. The van der Waals surface area contributed by atoms with Gasteiger partial charge in [-0.15, -0.1) is 11.8 Å². The maximum atomic E-state index is 11.6. The quantitative estimate of drug-likeness (QED) is 0.514. The van der Waals surface area contributed by atoms with Crippen LogP contribution in [0, 0.1) is 5.92 Å². The summed E-state index contributed by atoms with van der Waals surface area (Å²) in [5.74, 6) is 1.13. The van der Waals surface area contributed by atoms with Crippen LogP contribution in [-0.2, 0) is 16.1 Å². The van der Waals surface area contributed by atoms with E-state index in [4.69, 9.17) is 4.74 Å². The molecule has 0 bridgehead atoms. The molecule has 0 saturated carbocycles. The standard InChI is InChI=1S/C16H26N2O2S/c1-13(2)10-17-11-14-5-4-6-15(9-14)21-12-16(19)18-7-8-20-3/h4-6,9,13,17H,7-8,10-12H2,1-3H3,(H,18,19). The summed E-state index contributed by atoms with van der Waals surface area (Å²) in [6, 6.07) is 8.33. The fourth-order valence-corrected chi connectivity index (χ4v) is 2.55. The maximum absolute atomic E-state index is 11.6. The zero-order valence-corrected chi connectivity index (χ0v) is 14.0. The summed E-state index contributed by atoms with van der Waals surface area (Å²) in [5, 5.41) is 6.24. The molecule has 0 heterocycles. The molecular weight excluding hydrogens is 284 g/mol. The van der Waals surface area contributed by atoms with Gasteiger partial charge < -0.3 is 15.4 Å². The third kappa shape index (κ3) is 8.75. The van der Waals surface area contributed by atoms with Gasteiger partial charge in [-0.3, -0.25) is 4.79 Å². The van der Waals surface area contributed by atoms with Crippen LogP contribution in [0.4, 0.5) is 0 Å². The number of nitrogens with one attached hydrogen (secondary N) is 2. The first kappa shape index (κ1) is 18.0. The van der Waals surface area contributed by atoms with E-state index in [2.05, 4.69) is 36.6 Å². The van der Waals surface area contributed by atoms with Gasteiger partial charge >= 0.3 is 0 Å². The Morgan fingerprint density at radius 1 is 1.38 bits per heavy atom. The summed E-state index contributed by atoms with van der Waals surface area (Å²) in [7, 11) is 1.62. The van der Waals surface area contributed by atoms with Crippen molar-refractivity contribution in [2.45, 2.75) is 25.3 Å². The molecule has 1 rings (SSSR count). The first-order valence-electron chi connectivity index (χ1n) is 7.30. The molecule has 0 saturated heterocycles. The second-order valence-corrected chi connectivity index (χ2v) is 6.35. The van der Waals surface area contributed by atoms with Crippen molar-refractivity contribution in [3.63, 3.8) is 0 Å². The highest BCUT2D eigenvalue weighted by atomic mass is 32.2. The molecule has 4 nitrogen and oxygen atoms in total. The van der Waals surface area contributed by atoms with Gasteiger partial charge in [0.25, 0.3) is 0 Å². The molecule has 5 heteroatoms. The summed E-state index contributed by atoms with van der Waals surface area (Å²) in [5.41, 5.74) is 1.25. The van der Waals surface area contributed by atoms with E-state index in [0.717, 1.165) is 18.0 Å². The normalized spacial score (nSPS) is 10.9. The van der Waals surface area contributed by atoms with Crippen molar-refractivity contribution >= 4 is 17.7 Å². The van der Waals surface area contributed by atoms with Crippen molar-refractivity contribution in [2.24, 2.45) is 5.92 Å². The topological polar surface area (TPSA) is 50.4 Å². The highest BCUT2D eigenvalue weighted by molar-refractivity contribution is 8.00. The van der Waals surface area contributed by atoms with E-state index in [0.29, 0.717) is 24.8 Å². The molecule has 0 aliphatic carbocycles. The Bertz CT molecular complexity index is 424. The Morgan fingerprint density at radius 2 is 2.19 bits per heavy atom. The fraction of sp³-hybridized carbons (Fsp3) is 0.562. The molecule has 0 radical (unpaired) electrons. The van der Waals surface area contributed by atoms with Crippen molar-refractivity contribution in [3.8, 4) is 0 Å². The Hall–Kier alpha value is -1.04. The predicted molar refractivity (Wildman–Crippen MR) is 88.6 cm³/mol. The minimum Gasteiger partial charge on any atom is -0.383 e. The van der Waals surface area contributed by atoms with Crippen LogP contribution in [-0.4, -0.2) is 38.5 Å². The van der Waals surface area contributed by atoms with Gasteiger partial charge in [0, 0.05) is 25.1 Å².